The van der Waals surface area contributed by atoms with Crippen LogP contribution in [0.5, 0.6) is 11.5 Å². The Balaban J connectivity index is 1.55. The second-order valence-corrected chi connectivity index (χ2v) is 6.71. The molecule has 0 heterocycles. The van der Waals surface area contributed by atoms with Crippen LogP contribution in [0.3, 0.4) is 0 Å². The molecule has 3 rings (SSSR count). The van der Waals surface area contributed by atoms with Gasteiger partial charge in [0, 0.05) is 11.3 Å². The number of carbonyl (C=O) groups is 1. The summed E-state index contributed by atoms with van der Waals surface area (Å²) in [6, 6.07) is 21.6. The second kappa shape index (κ2) is 8.53. The molecule has 3 aromatic carbocycles. The minimum atomic E-state index is -5.05. The van der Waals surface area contributed by atoms with Crippen molar-refractivity contribution in [3.05, 3.63) is 90.0 Å². The standard InChI is InChI=1S/C20H16FNO5S/c21-28(24,25)27-19-12-10-18(11-13-19)26-14-15-6-8-16(9-7-15)20(23)22-17-4-2-1-3-5-17/h1-13H,14H2,(H,22,23). The number of para-hydroxylation sites is 1. The number of carbonyl (C=O) groups excluding carboxylic acids is 1. The predicted molar refractivity (Wildman–Crippen MR) is 102 cm³/mol. The highest BCUT2D eigenvalue weighted by Crippen LogP contribution is 2.20. The molecule has 6 nitrogen and oxygen atoms in total. The molecule has 28 heavy (non-hydrogen) atoms. The van der Waals surface area contributed by atoms with Gasteiger partial charge in [0.15, 0.2) is 0 Å². The number of hydrogen-bond donors (Lipinski definition) is 1. The molecule has 0 spiro atoms. The summed E-state index contributed by atoms with van der Waals surface area (Å²) in [5.74, 6) is 0.0928. The molecule has 0 aliphatic rings. The quantitative estimate of drug-likeness (QED) is 0.603. The molecule has 0 bridgehead atoms. The zero-order chi connectivity index (χ0) is 20.0. The highest BCUT2D eigenvalue weighted by Gasteiger charge is 2.09. The number of rotatable bonds is 7. The van der Waals surface area contributed by atoms with Crippen LogP contribution in [-0.4, -0.2) is 14.3 Å². The lowest BCUT2D eigenvalue weighted by Crippen LogP contribution is -2.11. The van der Waals surface area contributed by atoms with Crippen LogP contribution in [0.4, 0.5) is 9.57 Å². The summed E-state index contributed by atoms with van der Waals surface area (Å²) in [7, 11) is -5.05. The van der Waals surface area contributed by atoms with E-state index >= 15 is 0 Å². The smallest absolute Gasteiger partial charge is 0.488 e. The van der Waals surface area contributed by atoms with Gasteiger partial charge >= 0.3 is 10.5 Å². The minimum absolute atomic E-state index is 0.149. The lowest BCUT2D eigenvalue weighted by Gasteiger charge is -2.08. The third-order valence-electron chi connectivity index (χ3n) is 3.67. The molecule has 0 saturated heterocycles. The molecule has 0 atom stereocenters. The fourth-order valence-electron chi connectivity index (χ4n) is 2.35. The van der Waals surface area contributed by atoms with Gasteiger partial charge in [0.05, 0.1) is 0 Å². The van der Waals surface area contributed by atoms with E-state index in [9.17, 15) is 17.1 Å². The third kappa shape index (κ3) is 5.82. The van der Waals surface area contributed by atoms with Crippen molar-refractivity contribution in [3.63, 3.8) is 0 Å². The number of benzene rings is 3. The van der Waals surface area contributed by atoms with Crippen LogP contribution in [0, 0.1) is 0 Å². The molecular formula is C20H16FNO5S. The molecule has 0 fully saturated rings. The Morgan fingerprint density at radius 3 is 2.07 bits per heavy atom. The largest absolute Gasteiger partial charge is 0.489 e. The van der Waals surface area contributed by atoms with Crippen LogP contribution >= 0.6 is 0 Å². The Bertz CT molecular complexity index is 1040. The van der Waals surface area contributed by atoms with Crippen LogP contribution in [0.25, 0.3) is 0 Å². The van der Waals surface area contributed by atoms with Gasteiger partial charge in [0.1, 0.15) is 18.1 Å². The summed E-state index contributed by atoms with van der Waals surface area (Å²) in [6.07, 6.45) is 0. The van der Waals surface area contributed by atoms with Crippen molar-refractivity contribution in [2.24, 2.45) is 0 Å². The molecule has 1 N–H and O–H groups in total. The van der Waals surface area contributed by atoms with Gasteiger partial charge in [-0.15, -0.1) is 0 Å². The Kier molecular flexibility index (Phi) is 5.90. The van der Waals surface area contributed by atoms with Gasteiger partial charge in [-0.2, -0.15) is 8.42 Å². The number of hydrogen-bond acceptors (Lipinski definition) is 5. The normalized spacial score (nSPS) is 10.9. The Morgan fingerprint density at radius 2 is 1.46 bits per heavy atom. The second-order valence-electron chi connectivity index (χ2n) is 5.75. The highest BCUT2D eigenvalue weighted by molar-refractivity contribution is 7.81. The van der Waals surface area contributed by atoms with E-state index in [1.807, 2.05) is 18.2 Å². The van der Waals surface area contributed by atoms with E-state index in [1.54, 1.807) is 36.4 Å². The monoisotopic (exact) mass is 401 g/mol. The number of ether oxygens (including phenoxy) is 1. The van der Waals surface area contributed by atoms with Crippen LogP contribution in [0.2, 0.25) is 0 Å². The van der Waals surface area contributed by atoms with E-state index in [0.717, 1.165) is 5.56 Å². The Labute approximate surface area is 162 Å². The van der Waals surface area contributed by atoms with Crippen LogP contribution in [-0.2, 0) is 17.1 Å². The molecule has 0 aliphatic carbocycles. The van der Waals surface area contributed by atoms with Gasteiger partial charge in [-0.1, -0.05) is 34.2 Å². The maximum Gasteiger partial charge on any atom is 0.488 e. The lowest BCUT2D eigenvalue weighted by molar-refractivity contribution is 0.102. The van der Waals surface area contributed by atoms with Crippen molar-refractivity contribution in [1.82, 2.24) is 0 Å². The average molecular weight is 401 g/mol. The number of nitrogens with one attached hydrogen (secondary N) is 1. The summed E-state index contributed by atoms with van der Waals surface area (Å²) >= 11 is 0. The topological polar surface area (TPSA) is 81.7 Å². The van der Waals surface area contributed by atoms with Crippen LogP contribution in [0.1, 0.15) is 15.9 Å². The lowest BCUT2D eigenvalue weighted by atomic mass is 10.1. The van der Waals surface area contributed by atoms with Gasteiger partial charge in [0.2, 0.25) is 0 Å². The average Bonchev–Trinajstić information content (AvgIpc) is 2.67. The van der Waals surface area contributed by atoms with Crippen molar-refractivity contribution >= 4 is 22.1 Å². The molecule has 0 unspecified atom stereocenters. The van der Waals surface area contributed by atoms with E-state index in [0.29, 0.717) is 17.0 Å². The molecule has 144 valence electrons. The predicted octanol–water partition coefficient (Wildman–Crippen LogP) is 4.11. The summed E-state index contributed by atoms with van der Waals surface area (Å²) in [5.41, 5.74) is 2.07. The molecular weight excluding hydrogens is 385 g/mol. The number of anilines is 1. The van der Waals surface area contributed by atoms with E-state index in [-0.39, 0.29) is 18.3 Å². The van der Waals surface area contributed by atoms with E-state index in [2.05, 4.69) is 9.50 Å². The van der Waals surface area contributed by atoms with Gasteiger partial charge in [0.25, 0.3) is 5.91 Å². The Morgan fingerprint density at radius 1 is 0.857 bits per heavy atom. The molecule has 1 amide bonds. The highest BCUT2D eigenvalue weighted by atomic mass is 32.3. The molecule has 0 saturated carbocycles. The number of halogens is 1. The summed E-state index contributed by atoms with van der Waals surface area (Å²) in [6.45, 7) is 0.238. The van der Waals surface area contributed by atoms with Crippen molar-refractivity contribution in [3.8, 4) is 11.5 Å². The zero-order valence-corrected chi connectivity index (χ0v) is 15.4. The minimum Gasteiger partial charge on any atom is -0.489 e. The fourth-order valence-corrected chi connectivity index (χ4v) is 2.69. The first-order chi connectivity index (χ1) is 13.4. The van der Waals surface area contributed by atoms with Crippen molar-refractivity contribution in [1.29, 1.82) is 0 Å². The maximum atomic E-state index is 12.4. The first-order valence-corrected chi connectivity index (χ1v) is 9.52. The fraction of sp³-hybridized carbons (Fsp3) is 0.0500. The van der Waals surface area contributed by atoms with Gasteiger partial charge < -0.3 is 14.2 Å². The maximum absolute atomic E-state index is 12.4. The van der Waals surface area contributed by atoms with E-state index in [1.165, 1.54) is 24.3 Å². The first-order valence-electron chi connectivity index (χ1n) is 8.21. The van der Waals surface area contributed by atoms with E-state index in [4.69, 9.17) is 4.74 Å². The molecule has 0 aromatic heterocycles. The van der Waals surface area contributed by atoms with Crippen molar-refractivity contribution in [2.75, 3.05) is 5.32 Å². The van der Waals surface area contributed by atoms with Crippen molar-refractivity contribution < 1.29 is 26.0 Å². The summed E-state index contributed by atoms with van der Waals surface area (Å²) in [5, 5.41) is 2.81. The molecule has 0 radical (unpaired) electrons. The summed E-state index contributed by atoms with van der Waals surface area (Å²) in [4.78, 5) is 12.2. The van der Waals surface area contributed by atoms with Gasteiger partial charge in [-0.25, -0.2) is 0 Å². The molecule has 3 aromatic rings. The Hall–Kier alpha value is -3.39. The molecule has 0 aliphatic heterocycles. The summed E-state index contributed by atoms with van der Waals surface area (Å²) < 4.78 is 43.0. The third-order valence-corrected chi connectivity index (χ3v) is 4.06. The van der Waals surface area contributed by atoms with E-state index < -0.39 is 10.5 Å². The van der Waals surface area contributed by atoms with Crippen molar-refractivity contribution in [2.45, 2.75) is 6.61 Å². The van der Waals surface area contributed by atoms with Crippen LogP contribution < -0.4 is 14.2 Å². The van der Waals surface area contributed by atoms with Gasteiger partial charge in [-0.05, 0) is 54.1 Å². The zero-order valence-electron chi connectivity index (χ0n) is 14.5. The van der Waals surface area contributed by atoms with Gasteiger partial charge in [-0.3, -0.25) is 4.79 Å². The SMILES string of the molecule is O=C(Nc1ccccc1)c1ccc(COc2ccc(OS(=O)(=O)F)cc2)cc1. The first kappa shape index (κ1) is 19.4. The van der Waals surface area contributed by atoms with Crippen LogP contribution in [0.15, 0.2) is 78.9 Å². The number of amides is 1. The molecule has 8 heteroatoms.